The molecule has 0 radical (unpaired) electrons. The van der Waals surface area contributed by atoms with E-state index in [1.54, 1.807) is 0 Å². The van der Waals surface area contributed by atoms with Crippen LogP contribution in [-0.4, -0.2) is 5.78 Å². The second-order valence-corrected chi connectivity index (χ2v) is 12.9. The molecular formula is C30H48O. The lowest BCUT2D eigenvalue weighted by molar-refractivity contribution is -0.125. The van der Waals surface area contributed by atoms with Gasteiger partial charge in [-0.2, -0.15) is 0 Å². The number of carbonyl (C=O) groups excluding carboxylic acids is 1. The highest BCUT2D eigenvalue weighted by Crippen LogP contribution is 2.73. The molecule has 0 N–H and O–H groups in total. The van der Waals surface area contributed by atoms with Crippen molar-refractivity contribution in [3.63, 3.8) is 0 Å². The Morgan fingerprint density at radius 2 is 1.65 bits per heavy atom. The number of fused-ring (bicyclic) bond motifs is 5. The minimum atomic E-state index is 0.288. The lowest BCUT2D eigenvalue weighted by Crippen LogP contribution is -2.55. The van der Waals surface area contributed by atoms with Crippen LogP contribution >= 0.6 is 0 Å². The number of rotatable bonds is 5. The van der Waals surface area contributed by atoms with Crippen LogP contribution in [0, 0.1) is 51.8 Å². The van der Waals surface area contributed by atoms with Crippen molar-refractivity contribution in [3.05, 3.63) is 23.8 Å². The summed E-state index contributed by atoms with van der Waals surface area (Å²) in [4.78, 5) is 12.1. The molecule has 3 saturated carbocycles. The molecule has 3 fully saturated rings. The fourth-order valence-corrected chi connectivity index (χ4v) is 9.14. The van der Waals surface area contributed by atoms with E-state index < -0.39 is 0 Å². The largest absolute Gasteiger partial charge is 0.295 e. The highest BCUT2D eigenvalue weighted by atomic mass is 16.1. The van der Waals surface area contributed by atoms with Gasteiger partial charge in [0.15, 0.2) is 5.78 Å². The fourth-order valence-electron chi connectivity index (χ4n) is 9.14. The van der Waals surface area contributed by atoms with E-state index in [1.165, 1.54) is 50.5 Å². The molecule has 0 aromatic rings. The van der Waals surface area contributed by atoms with Gasteiger partial charge in [0.2, 0.25) is 0 Å². The normalized spacial score (nSPS) is 44.6. The molecule has 4 aliphatic rings. The third-order valence-electron chi connectivity index (χ3n) is 11.5. The van der Waals surface area contributed by atoms with E-state index in [0.717, 1.165) is 42.4 Å². The molecule has 0 amide bonds. The van der Waals surface area contributed by atoms with E-state index in [-0.39, 0.29) is 5.41 Å². The summed E-state index contributed by atoms with van der Waals surface area (Å²) >= 11 is 0. The third-order valence-corrected chi connectivity index (χ3v) is 11.5. The molecule has 174 valence electrons. The van der Waals surface area contributed by atoms with Gasteiger partial charge in [0.1, 0.15) is 0 Å². The Kier molecular flexibility index (Phi) is 6.15. The van der Waals surface area contributed by atoms with Crippen LogP contribution in [0.4, 0.5) is 0 Å². The second-order valence-electron chi connectivity index (χ2n) is 12.9. The average molecular weight is 425 g/mol. The minimum absolute atomic E-state index is 0.288. The first kappa shape index (κ1) is 23.3. The van der Waals surface area contributed by atoms with Crippen molar-refractivity contribution < 1.29 is 4.79 Å². The molecule has 8 atom stereocenters. The minimum Gasteiger partial charge on any atom is -0.295 e. The molecule has 0 aliphatic heterocycles. The van der Waals surface area contributed by atoms with Gasteiger partial charge in [-0.3, -0.25) is 4.79 Å². The Morgan fingerprint density at radius 1 is 0.935 bits per heavy atom. The Labute approximate surface area is 192 Å². The maximum atomic E-state index is 12.1. The standard InChI is InChI=1S/C30H48O/c1-8-22(20(2)3)10-9-21(4)25-14-17-30(7)27-12-11-23-19-24(31)13-16-28(23,5)26(27)15-18-29(25,30)6/h9-10,19-22,25-27H,8,11-18H2,1-7H3/b10-9+. The zero-order valence-corrected chi connectivity index (χ0v) is 21.5. The van der Waals surface area contributed by atoms with Gasteiger partial charge in [-0.25, -0.2) is 0 Å². The lowest BCUT2D eigenvalue weighted by Gasteiger charge is -2.63. The highest BCUT2D eigenvalue weighted by Gasteiger charge is 2.64. The molecular weight excluding hydrogens is 376 g/mol. The van der Waals surface area contributed by atoms with Crippen LogP contribution in [0.3, 0.4) is 0 Å². The van der Waals surface area contributed by atoms with Gasteiger partial charge < -0.3 is 0 Å². The maximum Gasteiger partial charge on any atom is 0.155 e. The lowest BCUT2D eigenvalue weighted by atomic mass is 9.41. The molecule has 0 aromatic carbocycles. The highest BCUT2D eigenvalue weighted by molar-refractivity contribution is 5.91. The van der Waals surface area contributed by atoms with Crippen LogP contribution in [-0.2, 0) is 4.79 Å². The van der Waals surface area contributed by atoms with Gasteiger partial charge in [-0.15, -0.1) is 0 Å². The van der Waals surface area contributed by atoms with Gasteiger partial charge in [0, 0.05) is 6.42 Å². The molecule has 1 heteroatoms. The summed E-state index contributed by atoms with van der Waals surface area (Å²) < 4.78 is 0. The fraction of sp³-hybridized carbons (Fsp3) is 0.833. The van der Waals surface area contributed by atoms with Crippen LogP contribution < -0.4 is 0 Å². The molecule has 8 unspecified atom stereocenters. The van der Waals surface area contributed by atoms with E-state index in [9.17, 15) is 4.79 Å². The molecule has 0 heterocycles. The average Bonchev–Trinajstić information content (AvgIpc) is 3.00. The molecule has 31 heavy (non-hydrogen) atoms. The number of carbonyl (C=O) groups is 1. The Hall–Kier alpha value is -0.850. The van der Waals surface area contributed by atoms with Crippen molar-refractivity contribution in [1.82, 2.24) is 0 Å². The van der Waals surface area contributed by atoms with E-state index >= 15 is 0 Å². The summed E-state index contributed by atoms with van der Waals surface area (Å²) in [7, 11) is 0. The summed E-state index contributed by atoms with van der Waals surface area (Å²) in [5.41, 5.74) is 2.71. The molecule has 0 spiro atoms. The van der Waals surface area contributed by atoms with Crippen molar-refractivity contribution in [2.45, 2.75) is 106 Å². The maximum absolute atomic E-state index is 12.1. The van der Waals surface area contributed by atoms with E-state index in [2.05, 4.69) is 66.7 Å². The summed E-state index contributed by atoms with van der Waals surface area (Å²) in [6.07, 6.45) is 18.4. The van der Waals surface area contributed by atoms with E-state index in [1.807, 2.05) is 0 Å². The molecule has 0 saturated heterocycles. The predicted octanol–water partition coefficient (Wildman–Crippen LogP) is 8.40. The molecule has 0 bridgehead atoms. The third kappa shape index (κ3) is 3.52. The van der Waals surface area contributed by atoms with E-state index in [4.69, 9.17) is 0 Å². The van der Waals surface area contributed by atoms with Crippen molar-refractivity contribution in [1.29, 1.82) is 0 Å². The first-order chi connectivity index (χ1) is 14.6. The van der Waals surface area contributed by atoms with Gasteiger partial charge in [-0.05, 0) is 109 Å². The van der Waals surface area contributed by atoms with Crippen molar-refractivity contribution in [2.24, 2.45) is 51.8 Å². The number of allylic oxidation sites excluding steroid dienone is 3. The first-order valence-corrected chi connectivity index (χ1v) is 13.5. The van der Waals surface area contributed by atoms with Crippen molar-refractivity contribution >= 4 is 5.78 Å². The van der Waals surface area contributed by atoms with Gasteiger partial charge >= 0.3 is 0 Å². The predicted molar refractivity (Wildman–Crippen MR) is 132 cm³/mol. The van der Waals surface area contributed by atoms with Crippen LogP contribution in [0.15, 0.2) is 23.8 Å². The number of hydrogen-bond donors (Lipinski definition) is 0. The van der Waals surface area contributed by atoms with Gasteiger partial charge in [0.05, 0.1) is 0 Å². The van der Waals surface area contributed by atoms with Crippen LogP contribution in [0.1, 0.15) is 106 Å². The van der Waals surface area contributed by atoms with E-state index in [0.29, 0.717) is 22.5 Å². The van der Waals surface area contributed by atoms with Crippen molar-refractivity contribution in [2.75, 3.05) is 0 Å². The van der Waals surface area contributed by atoms with Gasteiger partial charge in [0.25, 0.3) is 0 Å². The number of hydrogen-bond acceptors (Lipinski definition) is 1. The second kappa shape index (κ2) is 8.18. The SMILES string of the molecule is CCC(/C=C/C(C)C1CCC2(C)C3CCC4=CC(=O)CCC4(C)C3CCC12C)C(C)C. The zero-order valence-electron chi connectivity index (χ0n) is 21.5. The topological polar surface area (TPSA) is 17.1 Å². The Balaban J connectivity index is 1.58. The number of ketones is 1. The van der Waals surface area contributed by atoms with Crippen molar-refractivity contribution in [3.8, 4) is 0 Å². The monoisotopic (exact) mass is 424 g/mol. The Morgan fingerprint density at radius 3 is 2.32 bits per heavy atom. The molecule has 0 aromatic heterocycles. The zero-order chi connectivity index (χ0) is 22.6. The summed E-state index contributed by atoms with van der Waals surface area (Å²) in [5.74, 6) is 4.95. The molecule has 4 aliphatic carbocycles. The summed E-state index contributed by atoms with van der Waals surface area (Å²) in [6, 6.07) is 0. The van der Waals surface area contributed by atoms with Gasteiger partial charge in [-0.1, -0.05) is 66.2 Å². The van der Waals surface area contributed by atoms with Crippen LogP contribution in [0.2, 0.25) is 0 Å². The van der Waals surface area contributed by atoms with Crippen LogP contribution in [0.25, 0.3) is 0 Å². The summed E-state index contributed by atoms with van der Waals surface area (Å²) in [5, 5.41) is 0. The van der Waals surface area contributed by atoms with Crippen LogP contribution in [0.5, 0.6) is 0 Å². The molecule has 4 rings (SSSR count). The molecule has 1 nitrogen and oxygen atoms in total. The quantitative estimate of drug-likeness (QED) is 0.405. The Bertz CT molecular complexity index is 758. The summed E-state index contributed by atoms with van der Waals surface area (Å²) in [6.45, 7) is 17.4. The smallest absolute Gasteiger partial charge is 0.155 e. The first-order valence-electron chi connectivity index (χ1n) is 13.5.